The Morgan fingerprint density at radius 1 is 1.35 bits per heavy atom. The van der Waals surface area contributed by atoms with Crippen molar-refractivity contribution in [1.82, 2.24) is 20.6 Å². The van der Waals surface area contributed by atoms with Crippen LogP contribution in [-0.2, 0) is 4.79 Å². The van der Waals surface area contributed by atoms with E-state index < -0.39 is 0 Å². The third-order valence-corrected chi connectivity index (χ3v) is 2.28. The predicted octanol–water partition coefficient (Wildman–Crippen LogP) is 1.04. The summed E-state index contributed by atoms with van der Waals surface area (Å²) in [5.41, 5.74) is 0.886. The Morgan fingerprint density at radius 2 is 2.12 bits per heavy atom. The highest BCUT2D eigenvalue weighted by Gasteiger charge is 2.07. The van der Waals surface area contributed by atoms with E-state index in [0.717, 1.165) is 5.69 Å². The summed E-state index contributed by atoms with van der Waals surface area (Å²) in [7, 11) is 0. The molecule has 0 aliphatic rings. The third kappa shape index (κ3) is 5.40. The summed E-state index contributed by atoms with van der Waals surface area (Å²) >= 11 is 0. The molecule has 94 valence electrons. The molecule has 0 radical (unpaired) electrons. The number of aromatic nitrogens is 2. The van der Waals surface area contributed by atoms with Crippen molar-refractivity contribution in [3.05, 3.63) is 24.3 Å². The van der Waals surface area contributed by atoms with Gasteiger partial charge in [0.2, 0.25) is 5.91 Å². The maximum atomic E-state index is 11.4. The summed E-state index contributed by atoms with van der Waals surface area (Å²) in [5, 5.41) is 6.09. The van der Waals surface area contributed by atoms with Crippen LogP contribution in [0.5, 0.6) is 0 Å². The molecule has 0 aliphatic carbocycles. The van der Waals surface area contributed by atoms with E-state index in [1.54, 1.807) is 18.6 Å². The van der Waals surface area contributed by atoms with Crippen LogP contribution < -0.4 is 10.6 Å². The topological polar surface area (TPSA) is 66.9 Å². The van der Waals surface area contributed by atoms with Crippen molar-refractivity contribution in [3.8, 4) is 0 Å². The minimum Gasteiger partial charge on any atom is -0.354 e. The van der Waals surface area contributed by atoms with Gasteiger partial charge in [-0.05, 0) is 20.8 Å². The van der Waals surface area contributed by atoms with Crippen molar-refractivity contribution in [2.75, 3.05) is 6.54 Å². The second-order valence-electron chi connectivity index (χ2n) is 4.28. The van der Waals surface area contributed by atoms with Gasteiger partial charge in [0, 0.05) is 43.6 Å². The highest BCUT2D eigenvalue weighted by molar-refractivity contribution is 5.76. The fourth-order valence-corrected chi connectivity index (χ4v) is 1.44. The molecule has 5 heteroatoms. The molecule has 1 heterocycles. The largest absolute Gasteiger partial charge is 0.354 e. The van der Waals surface area contributed by atoms with Crippen LogP contribution in [0, 0.1) is 0 Å². The van der Waals surface area contributed by atoms with E-state index in [9.17, 15) is 4.79 Å². The van der Waals surface area contributed by atoms with Gasteiger partial charge in [0.25, 0.3) is 0 Å². The van der Waals surface area contributed by atoms with Crippen molar-refractivity contribution in [2.24, 2.45) is 0 Å². The van der Waals surface area contributed by atoms with Crippen LogP contribution >= 0.6 is 0 Å². The summed E-state index contributed by atoms with van der Waals surface area (Å²) in [4.78, 5) is 19.6. The van der Waals surface area contributed by atoms with E-state index >= 15 is 0 Å². The fourth-order valence-electron chi connectivity index (χ4n) is 1.44. The highest BCUT2D eigenvalue weighted by Crippen LogP contribution is 2.05. The number of carbonyl (C=O) groups is 1. The number of hydrogen-bond acceptors (Lipinski definition) is 4. The second kappa shape index (κ2) is 6.96. The molecular formula is C12H20N4O. The van der Waals surface area contributed by atoms with Crippen LogP contribution in [0.3, 0.4) is 0 Å². The second-order valence-corrected chi connectivity index (χ2v) is 4.28. The van der Waals surface area contributed by atoms with Gasteiger partial charge in [-0.25, -0.2) is 0 Å². The quantitative estimate of drug-likeness (QED) is 0.774. The monoisotopic (exact) mass is 236 g/mol. The van der Waals surface area contributed by atoms with Gasteiger partial charge in [0.05, 0.1) is 5.69 Å². The number of nitrogens with zero attached hydrogens (tertiary/aromatic N) is 2. The van der Waals surface area contributed by atoms with E-state index in [1.165, 1.54) is 0 Å². The Balaban J connectivity index is 2.25. The van der Waals surface area contributed by atoms with E-state index in [-0.39, 0.29) is 18.0 Å². The molecule has 1 aromatic heterocycles. The van der Waals surface area contributed by atoms with Gasteiger partial charge in [-0.2, -0.15) is 0 Å². The molecule has 1 amide bonds. The lowest BCUT2D eigenvalue weighted by Gasteiger charge is -2.13. The van der Waals surface area contributed by atoms with E-state index in [0.29, 0.717) is 13.0 Å². The molecule has 0 saturated carbocycles. The van der Waals surface area contributed by atoms with E-state index in [2.05, 4.69) is 20.6 Å². The van der Waals surface area contributed by atoms with Gasteiger partial charge < -0.3 is 10.6 Å². The first kappa shape index (κ1) is 13.6. The minimum atomic E-state index is 0.0684. The molecule has 1 aromatic rings. The predicted molar refractivity (Wildman–Crippen MR) is 66.3 cm³/mol. The van der Waals surface area contributed by atoms with Gasteiger partial charge in [-0.3, -0.25) is 14.8 Å². The van der Waals surface area contributed by atoms with Crippen molar-refractivity contribution < 1.29 is 4.79 Å². The van der Waals surface area contributed by atoms with Gasteiger partial charge in [0.1, 0.15) is 0 Å². The zero-order valence-corrected chi connectivity index (χ0v) is 10.6. The first-order valence-electron chi connectivity index (χ1n) is 5.88. The lowest BCUT2D eigenvalue weighted by atomic mass is 10.2. The van der Waals surface area contributed by atoms with Crippen LogP contribution in [0.15, 0.2) is 18.6 Å². The molecule has 1 rings (SSSR count). The lowest BCUT2D eigenvalue weighted by Crippen LogP contribution is -2.33. The molecule has 1 atom stereocenters. The Labute approximate surface area is 102 Å². The fraction of sp³-hybridized carbons (Fsp3) is 0.583. The van der Waals surface area contributed by atoms with Gasteiger partial charge >= 0.3 is 0 Å². The number of rotatable bonds is 6. The summed E-state index contributed by atoms with van der Waals surface area (Å²) in [6.07, 6.45) is 5.51. The van der Waals surface area contributed by atoms with E-state index in [4.69, 9.17) is 0 Å². The Bertz CT molecular complexity index is 340. The molecule has 0 aliphatic heterocycles. The summed E-state index contributed by atoms with van der Waals surface area (Å²) in [5.74, 6) is 0.0684. The summed E-state index contributed by atoms with van der Waals surface area (Å²) < 4.78 is 0. The van der Waals surface area contributed by atoms with Crippen molar-refractivity contribution >= 4 is 5.91 Å². The first-order valence-corrected chi connectivity index (χ1v) is 5.88. The molecule has 1 unspecified atom stereocenters. The molecule has 0 saturated heterocycles. The van der Waals surface area contributed by atoms with Gasteiger partial charge in [0.15, 0.2) is 0 Å². The molecule has 5 nitrogen and oxygen atoms in total. The molecule has 2 N–H and O–H groups in total. The molecular weight excluding hydrogens is 216 g/mol. The zero-order chi connectivity index (χ0) is 12.7. The average Bonchev–Trinajstić information content (AvgIpc) is 2.29. The SMILES string of the molecule is CC(C)NC(=O)CCNC(C)c1cnccn1. The third-order valence-electron chi connectivity index (χ3n) is 2.28. The van der Waals surface area contributed by atoms with Crippen LogP contribution in [-0.4, -0.2) is 28.5 Å². The van der Waals surface area contributed by atoms with Gasteiger partial charge in [-0.1, -0.05) is 0 Å². The lowest BCUT2D eigenvalue weighted by molar-refractivity contribution is -0.121. The summed E-state index contributed by atoms with van der Waals surface area (Å²) in [6.45, 7) is 6.54. The first-order chi connectivity index (χ1) is 8.09. The molecule has 17 heavy (non-hydrogen) atoms. The van der Waals surface area contributed by atoms with Crippen LogP contribution in [0.4, 0.5) is 0 Å². The maximum absolute atomic E-state index is 11.4. The number of carbonyl (C=O) groups excluding carboxylic acids is 1. The Morgan fingerprint density at radius 3 is 2.71 bits per heavy atom. The molecule has 0 aromatic carbocycles. The van der Waals surface area contributed by atoms with Crippen molar-refractivity contribution in [1.29, 1.82) is 0 Å². The van der Waals surface area contributed by atoms with E-state index in [1.807, 2.05) is 20.8 Å². The average molecular weight is 236 g/mol. The molecule has 0 bridgehead atoms. The number of amides is 1. The van der Waals surface area contributed by atoms with Crippen molar-refractivity contribution in [3.63, 3.8) is 0 Å². The van der Waals surface area contributed by atoms with Crippen molar-refractivity contribution in [2.45, 2.75) is 39.3 Å². The molecule has 0 spiro atoms. The minimum absolute atomic E-state index is 0.0684. The Hall–Kier alpha value is -1.49. The number of nitrogens with one attached hydrogen (secondary N) is 2. The van der Waals surface area contributed by atoms with Crippen LogP contribution in [0.25, 0.3) is 0 Å². The highest BCUT2D eigenvalue weighted by atomic mass is 16.1. The summed E-state index contributed by atoms with van der Waals surface area (Å²) in [6, 6.07) is 0.301. The Kier molecular flexibility index (Phi) is 5.56. The van der Waals surface area contributed by atoms with Crippen LogP contribution in [0.2, 0.25) is 0 Å². The normalized spacial score (nSPS) is 12.5. The zero-order valence-electron chi connectivity index (χ0n) is 10.6. The smallest absolute Gasteiger partial charge is 0.221 e. The maximum Gasteiger partial charge on any atom is 0.221 e. The molecule has 0 fully saturated rings. The van der Waals surface area contributed by atoms with Gasteiger partial charge in [-0.15, -0.1) is 0 Å². The van der Waals surface area contributed by atoms with Crippen LogP contribution in [0.1, 0.15) is 38.9 Å². The standard InChI is InChI=1S/C12H20N4O/c1-9(2)16-12(17)4-5-14-10(3)11-8-13-6-7-15-11/h6-10,14H,4-5H2,1-3H3,(H,16,17). The number of hydrogen-bond donors (Lipinski definition) is 2.